The van der Waals surface area contributed by atoms with Gasteiger partial charge in [-0.15, -0.1) is 0 Å². The topological polar surface area (TPSA) is 88.5 Å². The van der Waals surface area contributed by atoms with Crippen molar-refractivity contribution in [2.24, 2.45) is 0 Å². The molecule has 0 fully saturated rings. The van der Waals surface area contributed by atoms with Crippen LogP contribution in [0, 0.1) is 0 Å². The molecule has 0 saturated heterocycles. The molecule has 2 aromatic rings. The number of carbonyl (C=O) groups is 2. The number of unbranched alkanes of at least 4 members (excludes halogenated alkanes) is 9. The number of aromatic nitrogens is 1. The number of hydrogen-bond donors (Lipinski definition) is 2. The van der Waals surface area contributed by atoms with E-state index >= 15 is 0 Å². The van der Waals surface area contributed by atoms with E-state index in [1.165, 1.54) is 69.7 Å². The summed E-state index contributed by atoms with van der Waals surface area (Å²) in [6, 6.07) is 7.82. The minimum absolute atomic E-state index is 0.0447. The van der Waals surface area contributed by atoms with Crippen molar-refractivity contribution < 1.29 is 19.4 Å². The number of anilines is 1. The van der Waals surface area contributed by atoms with Crippen LogP contribution in [0.4, 0.5) is 5.69 Å². The molecule has 1 aromatic carbocycles. The van der Waals surface area contributed by atoms with E-state index in [4.69, 9.17) is 4.74 Å². The Labute approximate surface area is 185 Å². The summed E-state index contributed by atoms with van der Waals surface area (Å²) in [5.41, 5.74) is 0.482. The summed E-state index contributed by atoms with van der Waals surface area (Å²) < 4.78 is 5.85. The van der Waals surface area contributed by atoms with Gasteiger partial charge in [-0.3, -0.25) is 9.78 Å². The quantitative estimate of drug-likeness (QED) is 0.325. The van der Waals surface area contributed by atoms with Crippen LogP contribution < -0.4 is 10.1 Å². The third-order valence-corrected chi connectivity index (χ3v) is 5.19. The second-order valence-corrected chi connectivity index (χ2v) is 7.71. The van der Waals surface area contributed by atoms with Gasteiger partial charge in [-0.1, -0.05) is 76.8 Å². The van der Waals surface area contributed by atoms with E-state index in [0.29, 0.717) is 18.0 Å². The Balaban J connectivity index is 1.75. The maximum Gasteiger partial charge on any atom is 0.336 e. The van der Waals surface area contributed by atoms with Gasteiger partial charge in [-0.2, -0.15) is 0 Å². The van der Waals surface area contributed by atoms with Gasteiger partial charge in [0.1, 0.15) is 11.4 Å². The minimum Gasteiger partial charge on any atom is -0.491 e. The number of hydrogen-bond acceptors (Lipinski definition) is 4. The zero-order valence-electron chi connectivity index (χ0n) is 18.4. The van der Waals surface area contributed by atoms with E-state index in [0.717, 1.165) is 12.8 Å². The van der Waals surface area contributed by atoms with E-state index in [2.05, 4.69) is 17.2 Å². The number of carboxylic acids is 1. The highest BCUT2D eigenvalue weighted by Gasteiger charge is 2.17. The summed E-state index contributed by atoms with van der Waals surface area (Å²) in [4.78, 5) is 28.0. The average Bonchev–Trinajstić information content (AvgIpc) is 2.78. The number of nitrogens with zero attached hydrogens (tertiary/aromatic N) is 1. The molecule has 0 radical (unpaired) electrons. The molecule has 0 bridgehead atoms. The van der Waals surface area contributed by atoms with Crippen LogP contribution in [0.15, 0.2) is 42.7 Å². The SMILES string of the molecule is CCCCCCCCCCCCOc1ccncc1NC(=O)c1ccccc1C(=O)O. The molecular weight excluding hydrogens is 392 g/mol. The predicted octanol–water partition coefficient (Wildman–Crippen LogP) is 6.33. The molecule has 168 valence electrons. The molecule has 6 nitrogen and oxygen atoms in total. The lowest BCUT2D eigenvalue weighted by molar-refractivity contribution is 0.0692. The highest BCUT2D eigenvalue weighted by molar-refractivity contribution is 6.11. The molecule has 0 atom stereocenters. The fraction of sp³-hybridized carbons (Fsp3) is 0.480. The van der Waals surface area contributed by atoms with Gasteiger partial charge in [0.15, 0.2) is 0 Å². The molecule has 6 heteroatoms. The van der Waals surface area contributed by atoms with Gasteiger partial charge < -0.3 is 15.2 Å². The molecular formula is C25H34N2O4. The van der Waals surface area contributed by atoms with Crippen LogP contribution in [0.5, 0.6) is 5.75 Å². The monoisotopic (exact) mass is 426 g/mol. The summed E-state index contributed by atoms with van der Waals surface area (Å²) in [6.07, 6.45) is 15.7. The van der Waals surface area contributed by atoms with Crippen LogP contribution in [0.25, 0.3) is 0 Å². The number of pyridine rings is 1. The molecule has 31 heavy (non-hydrogen) atoms. The van der Waals surface area contributed by atoms with Gasteiger partial charge in [0.2, 0.25) is 0 Å². The van der Waals surface area contributed by atoms with Crippen molar-refractivity contribution in [1.82, 2.24) is 4.98 Å². The minimum atomic E-state index is -1.14. The van der Waals surface area contributed by atoms with Crippen LogP contribution in [0.1, 0.15) is 91.8 Å². The number of ether oxygens (including phenoxy) is 1. The Morgan fingerprint density at radius 2 is 1.52 bits per heavy atom. The lowest BCUT2D eigenvalue weighted by atomic mass is 10.1. The lowest BCUT2D eigenvalue weighted by Gasteiger charge is -2.13. The van der Waals surface area contributed by atoms with E-state index in [1.807, 2.05) is 0 Å². The number of carboxylic acid groups (broad SMARTS) is 1. The van der Waals surface area contributed by atoms with Crippen molar-refractivity contribution in [3.63, 3.8) is 0 Å². The largest absolute Gasteiger partial charge is 0.491 e. The molecule has 0 aliphatic carbocycles. The van der Waals surface area contributed by atoms with Crippen molar-refractivity contribution in [1.29, 1.82) is 0 Å². The first-order valence-electron chi connectivity index (χ1n) is 11.3. The second kappa shape index (κ2) is 14.2. The molecule has 1 aromatic heterocycles. The molecule has 2 N–H and O–H groups in total. The summed E-state index contributed by atoms with van der Waals surface area (Å²) in [7, 11) is 0. The molecule has 0 aliphatic heterocycles. The number of amides is 1. The first kappa shape index (κ1) is 24.4. The lowest BCUT2D eigenvalue weighted by Crippen LogP contribution is -2.17. The van der Waals surface area contributed by atoms with Crippen molar-refractivity contribution in [2.45, 2.75) is 71.1 Å². The van der Waals surface area contributed by atoms with Crippen LogP contribution in [-0.4, -0.2) is 28.6 Å². The normalized spacial score (nSPS) is 10.6. The zero-order valence-corrected chi connectivity index (χ0v) is 18.4. The van der Waals surface area contributed by atoms with Crippen LogP contribution in [-0.2, 0) is 0 Å². The van der Waals surface area contributed by atoms with E-state index in [1.54, 1.807) is 24.4 Å². The van der Waals surface area contributed by atoms with Gasteiger partial charge in [0, 0.05) is 12.3 Å². The van der Waals surface area contributed by atoms with Gasteiger partial charge in [0.05, 0.1) is 23.9 Å². The number of nitrogens with one attached hydrogen (secondary N) is 1. The molecule has 0 unspecified atom stereocenters. The first-order valence-corrected chi connectivity index (χ1v) is 11.3. The Hall–Kier alpha value is -2.89. The summed E-state index contributed by atoms with van der Waals surface area (Å²) in [5, 5.41) is 12.0. The highest BCUT2D eigenvalue weighted by Crippen LogP contribution is 2.24. The molecule has 2 rings (SSSR count). The number of benzene rings is 1. The zero-order chi connectivity index (χ0) is 22.3. The average molecular weight is 427 g/mol. The van der Waals surface area contributed by atoms with Crippen molar-refractivity contribution in [3.05, 3.63) is 53.9 Å². The first-order chi connectivity index (χ1) is 15.1. The molecule has 1 amide bonds. The van der Waals surface area contributed by atoms with Gasteiger partial charge in [0.25, 0.3) is 5.91 Å². The summed E-state index contributed by atoms with van der Waals surface area (Å²) in [6.45, 7) is 2.80. The van der Waals surface area contributed by atoms with Crippen molar-refractivity contribution in [3.8, 4) is 5.75 Å². The third kappa shape index (κ3) is 8.79. The Bertz CT molecular complexity index is 823. The Kier molecular flexibility index (Phi) is 11.1. The fourth-order valence-electron chi connectivity index (χ4n) is 3.43. The number of rotatable bonds is 15. The van der Waals surface area contributed by atoms with Crippen molar-refractivity contribution >= 4 is 17.6 Å². The van der Waals surface area contributed by atoms with Crippen LogP contribution in [0.2, 0.25) is 0 Å². The number of carbonyl (C=O) groups excluding carboxylic acids is 1. The number of aromatic carboxylic acids is 1. The van der Waals surface area contributed by atoms with Gasteiger partial charge >= 0.3 is 5.97 Å². The van der Waals surface area contributed by atoms with Gasteiger partial charge in [-0.25, -0.2) is 4.79 Å². The third-order valence-electron chi connectivity index (χ3n) is 5.19. The summed E-state index contributed by atoms with van der Waals surface area (Å²) in [5.74, 6) is -1.11. The van der Waals surface area contributed by atoms with Crippen molar-refractivity contribution in [2.75, 3.05) is 11.9 Å². The smallest absolute Gasteiger partial charge is 0.336 e. The Morgan fingerprint density at radius 1 is 0.903 bits per heavy atom. The fourth-order valence-corrected chi connectivity index (χ4v) is 3.43. The standard InChI is InChI=1S/C25H34N2O4/c1-2-3-4-5-6-7-8-9-10-13-18-31-23-16-17-26-19-22(23)27-24(28)20-14-11-12-15-21(20)25(29)30/h11-12,14-17,19H,2-10,13,18H2,1H3,(H,27,28)(H,29,30). The predicted molar refractivity (Wildman–Crippen MR) is 123 cm³/mol. The second-order valence-electron chi connectivity index (χ2n) is 7.71. The van der Waals surface area contributed by atoms with E-state index in [-0.39, 0.29) is 11.1 Å². The maximum atomic E-state index is 12.6. The molecule has 0 aliphatic rings. The molecule has 0 saturated carbocycles. The molecule has 1 heterocycles. The molecule has 0 spiro atoms. The van der Waals surface area contributed by atoms with E-state index < -0.39 is 11.9 Å². The Morgan fingerprint density at radius 3 is 2.16 bits per heavy atom. The van der Waals surface area contributed by atoms with Crippen LogP contribution >= 0.6 is 0 Å². The van der Waals surface area contributed by atoms with Crippen LogP contribution in [0.3, 0.4) is 0 Å². The highest BCUT2D eigenvalue weighted by atomic mass is 16.5. The van der Waals surface area contributed by atoms with Gasteiger partial charge in [-0.05, 0) is 18.6 Å². The maximum absolute atomic E-state index is 12.6. The van der Waals surface area contributed by atoms with E-state index in [9.17, 15) is 14.7 Å². The summed E-state index contributed by atoms with van der Waals surface area (Å²) >= 11 is 0.